The molecule has 0 spiro atoms. The third kappa shape index (κ3) is 2.93. The van der Waals surface area contributed by atoms with Gasteiger partial charge in [-0.3, -0.25) is 16.0 Å². The maximum Gasteiger partial charge on any atom is 0.0538 e. The molecule has 1 aromatic heterocycles. The van der Waals surface area contributed by atoms with Crippen molar-refractivity contribution in [2.24, 2.45) is 17.7 Å². The minimum absolute atomic E-state index is 0.271. The molecule has 0 aliphatic heterocycles. The van der Waals surface area contributed by atoms with E-state index in [1.807, 2.05) is 10.9 Å². The molecule has 3 N–H and O–H groups in total. The molecule has 3 unspecified atom stereocenters. The smallest absolute Gasteiger partial charge is 0.0538 e. The van der Waals surface area contributed by atoms with E-state index in [0.29, 0.717) is 5.92 Å². The van der Waals surface area contributed by atoms with Crippen LogP contribution in [0.1, 0.15) is 57.6 Å². The number of nitrogens with two attached hydrogens (primary N) is 1. The number of rotatable bonds is 6. The highest BCUT2D eigenvalue weighted by molar-refractivity contribution is 5.12. The first-order chi connectivity index (χ1) is 8.78. The number of nitrogens with one attached hydrogen (secondary N) is 1. The summed E-state index contributed by atoms with van der Waals surface area (Å²) in [5.41, 5.74) is 4.25. The van der Waals surface area contributed by atoms with Crippen LogP contribution < -0.4 is 11.3 Å². The van der Waals surface area contributed by atoms with Crippen molar-refractivity contribution in [2.45, 2.75) is 58.5 Å². The molecule has 4 heteroatoms. The van der Waals surface area contributed by atoms with Crippen LogP contribution in [0.5, 0.6) is 0 Å². The summed E-state index contributed by atoms with van der Waals surface area (Å²) in [6, 6.07) is 0.271. The summed E-state index contributed by atoms with van der Waals surface area (Å²) in [5, 5.41) is 4.41. The van der Waals surface area contributed by atoms with Gasteiger partial charge < -0.3 is 0 Å². The van der Waals surface area contributed by atoms with Crippen LogP contribution in [-0.4, -0.2) is 9.78 Å². The molecule has 102 valence electrons. The average Bonchev–Trinajstić information content (AvgIpc) is 3.01. The van der Waals surface area contributed by atoms with Gasteiger partial charge in [-0.1, -0.05) is 26.7 Å². The summed E-state index contributed by atoms with van der Waals surface area (Å²) in [5.74, 6) is 7.32. The Balaban J connectivity index is 2.03. The van der Waals surface area contributed by atoms with Crippen molar-refractivity contribution >= 4 is 0 Å². The van der Waals surface area contributed by atoms with Crippen molar-refractivity contribution in [3.63, 3.8) is 0 Å². The molecule has 3 atom stereocenters. The molecule has 1 aliphatic rings. The fourth-order valence-corrected chi connectivity index (χ4v) is 3.18. The Hall–Kier alpha value is -0.870. The topological polar surface area (TPSA) is 55.9 Å². The Labute approximate surface area is 110 Å². The second-order valence-corrected chi connectivity index (χ2v) is 5.53. The second-order valence-electron chi connectivity index (χ2n) is 5.53. The van der Waals surface area contributed by atoms with Crippen molar-refractivity contribution in [1.82, 2.24) is 15.2 Å². The van der Waals surface area contributed by atoms with E-state index in [0.717, 1.165) is 18.9 Å². The van der Waals surface area contributed by atoms with E-state index in [-0.39, 0.29) is 6.04 Å². The Kier molecular flexibility index (Phi) is 4.78. The van der Waals surface area contributed by atoms with E-state index in [1.54, 1.807) is 0 Å². The summed E-state index contributed by atoms with van der Waals surface area (Å²) in [4.78, 5) is 0. The third-order valence-corrected chi connectivity index (χ3v) is 4.28. The maximum absolute atomic E-state index is 5.77. The van der Waals surface area contributed by atoms with Gasteiger partial charge in [-0.15, -0.1) is 0 Å². The maximum atomic E-state index is 5.77. The highest BCUT2D eigenvalue weighted by Gasteiger charge is 2.30. The lowest BCUT2D eigenvalue weighted by Gasteiger charge is -2.21. The summed E-state index contributed by atoms with van der Waals surface area (Å²) < 4.78 is 2.02. The van der Waals surface area contributed by atoms with Crippen molar-refractivity contribution in [3.8, 4) is 0 Å². The van der Waals surface area contributed by atoms with Crippen LogP contribution in [0.3, 0.4) is 0 Å². The van der Waals surface area contributed by atoms with Gasteiger partial charge in [0.2, 0.25) is 0 Å². The monoisotopic (exact) mass is 250 g/mol. The molecular weight excluding hydrogens is 224 g/mol. The predicted molar refractivity (Wildman–Crippen MR) is 73.7 cm³/mol. The second kappa shape index (κ2) is 6.34. The van der Waals surface area contributed by atoms with Gasteiger partial charge >= 0.3 is 0 Å². The molecule has 0 aromatic carbocycles. The van der Waals surface area contributed by atoms with Crippen LogP contribution in [-0.2, 0) is 6.54 Å². The number of hydrogen-bond donors (Lipinski definition) is 2. The molecular formula is C14H26N4. The molecule has 2 rings (SSSR count). The number of nitrogens with zero attached hydrogens (tertiary/aromatic N) is 2. The molecule has 1 aromatic rings. The highest BCUT2D eigenvalue weighted by Crippen LogP contribution is 2.39. The van der Waals surface area contributed by atoms with Crippen LogP contribution in [0.4, 0.5) is 0 Å². The van der Waals surface area contributed by atoms with Crippen molar-refractivity contribution in [2.75, 3.05) is 0 Å². The lowest BCUT2D eigenvalue weighted by molar-refractivity contribution is 0.358. The highest BCUT2D eigenvalue weighted by atomic mass is 15.3. The van der Waals surface area contributed by atoms with E-state index in [4.69, 9.17) is 5.84 Å². The quantitative estimate of drug-likeness (QED) is 0.603. The van der Waals surface area contributed by atoms with Gasteiger partial charge in [-0.05, 0) is 31.1 Å². The summed E-state index contributed by atoms with van der Waals surface area (Å²) in [7, 11) is 0. The van der Waals surface area contributed by atoms with Gasteiger partial charge in [0, 0.05) is 18.3 Å². The minimum Gasteiger partial charge on any atom is -0.272 e. The van der Waals surface area contributed by atoms with Crippen LogP contribution in [0.2, 0.25) is 0 Å². The SMILES string of the molecule is CCCn1cc(C(NN)C2CCC(CC)C2)cn1. The molecule has 0 saturated heterocycles. The molecule has 1 fully saturated rings. The Morgan fingerprint density at radius 2 is 2.33 bits per heavy atom. The molecule has 0 amide bonds. The fraction of sp³-hybridized carbons (Fsp3) is 0.786. The van der Waals surface area contributed by atoms with Gasteiger partial charge in [0.05, 0.1) is 12.2 Å². The lowest BCUT2D eigenvalue weighted by atomic mass is 9.92. The number of hydrazine groups is 1. The standard InChI is InChI=1S/C14H26N4/c1-3-7-18-10-13(9-16-18)14(17-15)12-6-5-11(4-2)8-12/h9-12,14,17H,3-8,15H2,1-2H3. The van der Waals surface area contributed by atoms with E-state index in [1.165, 1.54) is 31.2 Å². The van der Waals surface area contributed by atoms with Gasteiger partial charge in [-0.25, -0.2) is 0 Å². The third-order valence-electron chi connectivity index (χ3n) is 4.28. The summed E-state index contributed by atoms with van der Waals surface area (Å²) in [6.07, 6.45) is 10.5. The first-order valence-electron chi connectivity index (χ1n) is 7.26. The Morgan fingerprint density at radius 3 is 2.94 bits per heavy atom. The first-order valence-corrected chi connectivity index (χ1v) is 7.26. The summed E-state index contributed by atoms with van der Waals surface area (Å²) >= 11 is 0. The van der Waals surface area contributed by atoms with Crippen molar-refractivity contribution in [3.05, 3.63) is 18.0 Å². The molecule has 1 aliphatic carbocycles. The van der Waals surface area contributed by atoms with Crippen molar-refractivity contribution < 1.29 is 0 Å². The fourth-order valence-electron chi connectivity index (χ4n) is 3.18. The largest absolute Gasteiger partial charge is 0.272 e. The molecule has 1 heterocycles. The zero-order valence-electron chi connectivity index (χ0n) is 11.6. The van der Waals surface area contributed by atoms with Crippen molar-refractivity contribution in [1.29, 1.82) is 0 Å². The van der Waals surface area contributed by atoms with E-state index in [9.17, 15) is 0 Å². The Bertz CT molecular complexity index is 360. The normalized spacial score (nSPS) is 25.5. The zero-order chi connectivity index (χ0) is 13.0. The number of hydrogen-bond acceptors (Lipinski definition) is 3. The molecule has 0 radical (unpaired) electrons. The molecule has 0 bridgehead atoms. The first kappa shape index (κ1) is 13.6. The van der Waals surface area contributed by atoms with Crippen LogP contribution in [0, 0.1) is 11.8 Å². The van der Waals surface area contributed by atoms with E-state index < -0.39 is 0 Å². The number of aryl methyl sites for hydroxylation is 1. The van der Waals surface area contributed by atoms with Crippen LogP contribution in [0.15, 0.2) is 12.4 Å². The van der Waals surface area contributed by atoms with Crippen LogP contribution in [0.25, 0.3) is 0 Å². The average molecular weight is 250 g/mol. The van der Waals surface area contributed by atoms with E-state index in [2.05, 4.69) is 30.6 Å². The van der Waals surface area contributed by atoms with Crippen LogP contribution >= 0.6 is 0 Å². The Morgan fingerprint density at radius 1 is 1.50 bits per heavy atom. The van der Waals surface area contributed by atoms with Gasteiger partial charge in [-0.2, -0.15) is 5.10 Å². The predicted octanol–water partition coefficient (Wildman–Crippen LogP) is 2.62. The van der Waals surface area contributed by atoms with Gasteiger partial charge in [0.15, 0.2) is 0 Å². The summed E-state index contributed by atoms with van der Waals surface area (Å²) in [6.45, 7) is 5.44. The minimum atomic E-state index is 0.271. The zero-order valence-corrected chi connectivity index (χ0v) is 11.6. The van der Waals surface area contributed by atoms with Gasteiger partial charge in [0.25, 0.3) is 0 Å². The molecule has 18 heavy (non-hydrogen) atoms. The number of aromatic nitrogens is 2. The molecule has 1 saturated carbocycles. The lowest BCUT2D eigenvalue weighted by Crippen LogP contribution is -2.32. The van der Waals surface area contributed by atoms with E-state index >= 15 is 0 Å². The molecule has 4 nitrogen and oxygen atoms in total. The van der Waals surface area contributed by atoms with Gasteiger partial charge in [0.1, 0.15) is 0 Å².